The van der Waals surface area contributed by atoms with E-state index in [2.05, 4.69) is 186 Å². The minimum absolute atomic E-state index is 0.149. The quantitative estimate of drug-likeness (QED) is 0.186. The highest BCUT2D eigenvalue weighted by Crippen LogP contribution is 2.46. The van der Waals surface area contributed by atoms with Crippen molar-refractivity contribution in [1.29, 1.82) is 0 Å². The van der Waals surface area contributed by atoms with Crippen molar-refractivity contribution in [1.82, 2.24) is 9.88 Å². The molecule has 0 fully saturated rings. The van der Waals surface area contributed by atoms with Gasteiger partial charge in [-0.1, -0.05) is 140 Å². The van der Waals surface area contributed by atoms with E-state index in [9.17, 15) is 0 Å². The lowest BCUT2D eigenvalue weighted by atomic mass is 9.98. The second-order valence-corrected chi connectivity index (χ2v) is 17.0. The number of rotatable bonds is 5. The van der Waals surface area contributed by atoms with Crippen LogP contribution in [0.2, 0.25) is 0 Å². The Balaban J connectivity index is 0.993. The van der Waals surface area contributed by atoms with Gasteiger partial charge in [-0.05, 0) is 59.5 Å². The van der Waals surface area contributed by atoms with Crippen LogP contribution in [0.1, 0.15) is 23.7 Å². The number of allylic oxidation sites excluding steroid dienone is 3. The second kappa shape index (κ2) is 13.0. The Labute approximate surface area is 337 Å². The van der Waals surface area contributed by atoms with Gasteiger partial charge < -0.3 is 9.88 Å². The molecular formula is C51H34N4S2. The molecule has 7 aromatic carbocycles. The van der Waals surface area contributed by atoms with Gasteiger partial charge in [0, 0.05) is 57.9 Å². The molecule has 2 unspecified atom stereocenters. The van der Waals surface area contributed by atoms with Crippen LogP contribution in [0.4, 0.5) is 0 Å². The van der Waals surface area contributed by atoms with E-state index >= 15 is 0 Å². The van der Waals surface area contributed by atoms with Crippen LogP contribution in [0.25, 0.3) is 79.0 Å². The number of para-hydroxylation sites is 2. The summed E-state index contributed by atoms with van der Waals surface area (Å²) in [6, 6.07) is 55.3. The first kappa shape index (κ1) is 32.6. The summed E-state index contributed by atoms with van der Waals surface area (Å²) in [6.45, 7) is 0. The molecular weight excluding hydrogens is 733 g/mol. The lowest BCUT2D eigenvalue weighted by Crippen LogP contribution is -2.35. The molecule has 2 aliphatic rings. The predicted molar refractivity (Wildman–Crippen MR) is 245 cm³/mol. The van der Waals surface area contributed by atoms with Crippen LogP contribution in [0, 0.1) is 5.92 Å². The number of aliphatic imine (C=N–C) groups is 2. The molecule has 4 heterocycles. The number of thiophene rings is 2. The smallest absolute Gasteiger partial charge is 0.147 e. The van der Waals surface area contributed by atoms with Crippen molar-refractivity contribution >= 4 is 96.5 Å². The summed E-state index contributed by atoms with van der Waals surface area (Å²) in [4.78, 5) is 10.4. The van der Waals surface area contributed by atoms with Crippen molar-refractivity contribution < 1.29 is 0 Å². The first-order chi connectivity index (χ1) is 28.3. The van der Waals surface area contributed by atoms with Crippen molar-refractivity contribution in [3.63, 3.8) is 0 Å². The number of amidine groups is 2. The summed E-state index contributed by atoms with van der Waals surface area (Å²) in [5.41, 5.74) is 8.42. The molecule has 12 rings (SSSR count). The Kier molecular flexibility index (Phi) is 7.43. The van der Waals surface area contributed by atoms with Crippen molar-refractivity contribution in [3.8, 4) is 16.8 Å². The average molecular weight is 767 g/mol. The second-order valence-electron chi connectivity index (χ2n) is 14.9. The number of nitrogens with one attached hydrogen (secondary N) is 1. The highest BCUT2D eigenvalue weighted by atomic mass is 32.1. The SMILES string of the molecule is C1=CCC(C2=NC(c3ccccc3)NC(c3cccc4c3sc3cc(-c5cccc6sc7c(-n8c9ccccc9c9ccccc98)cccc7c56)ccc34)=N2)C=C1. The third-order valence-corrected chi connectivity index (χ3v) is 14.0. The van der Waals surface area contributed by atoms with E-state index < -0.39 is 0 Å². The molecule has 0 bridgehead atoms. The number of fused-ring (bicyclic) bond motifs is 9. The van der Waals surface area contributed by atoms with Gasteiger partial charge in [0.1, 0.15) is 17.8 Å². The van der Waals surface area contributed by atoms with Gasteiger partial charge in [0.05, 0.1) is 21.4 Å². The fourth-order valence-electron chi connectivity index (χ4n) is 8.94. The van der Waals surface area contributed by atoms with E-state index in [4.69, 9.17) is 9.98 Å². The molecule has 0 amide bonds. The molecule has 6 heteroatoms. The van der Waals surface area contributed by atoms with E-state index in [1.165, 1.54) is 79.0 Å². The highest BCUT2D eigenvalue weighted by molar-refractivity contribution is 7.26. The predicted octanol–water partition coefficient (Wildman–Crippen LogP) is 13.8. The Bertz CT molecular complexity index is 3320. The van der Waals surface area contributed by atoms with E-state index in [0.717, 1.165) is 29.2 Å². The van der Waals surface area contributed by atoms with Crippen LogP contribution in [0.15, 0.2) is 186 Å². The maximum absolute atomic E-state index is 5.23. The van der Waals surface area contributed by atoms with Crippen molar-refractivity contribution in [2.24, 2.45) is 15.9 Å². The van der Waals surface area contributed by atoms with Gasteiger partial charge in [0.2, 0.25) is 0 Å². The molecule has 1 aliphatic carbocycles. The molecule has 1 N–H and O–H groups in total. The molecule has 3 aromatic heterocycles. The fourth-order valence-corrected chi connectivity index (χ4v) is 11.4. The molecule has 270 valence electrons. The molecule has 10 aromatic rings. The zero-order chi connectivity index (χ0) is 37.5. The van der Waals surface area contributed by atoms with Crippen LogP contribution in [0.5, 0.6) is 0 Å². The number of benzene rings is 7. The Morgan fingerprint density at radius 3 is 2.12 bits per heavy atom. The van der Waals surface area contributed by atoms with Crippen molar-refractivity contribution in [2.75, 3.05) is 0 Å². The first-order valence-corrected chi connectivity index (χ1v) is 21.1. The van der Waals surface area contributed by atoms with Gasteiger partial charge in [-0.2, -0.15) is 0 Å². The van der Waals surface area contributed by atoms with Crippen LogP contribution >= 0.6 is 22.7 Å². The Morgan fingerprint density at radius 2 is 1.30 bits per heavy atom. The third kappa shape index (κ3) is 5.18. The molecule has 0 saturated carbocycles. The maximum atomic E-state index is 5.23. The number of hydrogen-bond donors (Lipinski definition) is 1. The normalized spacial score (nSPS) is 16.9. The van der Waals surface area contributed by atoms with E-state index in [0.29, 0.717) is 0 Å². The van der Waals surface area contributed by atoms with Gasteiger partial charge in [-0.25, -0.2) is 9.98 Å². The zero-order valence-corrected chi connectivity index (χ0v) is 32.4. The average Bonchev–Trinajstić information content (AvgIpc) is 3.96. The van der Waals surface area contributed by atoms with Crippen molar-refractivity contribution in [3.05, 3.63) is 187 Å². The van der Waals surface area contributed by atoms with Gasteiger partial charge in [-0.15, -0.1) is 22.7 Å². The molecule has 1 aliphatic heterocycles. The van der Waals surface area contributed by atoms with Gasteiger partial charge >= 0.3 is 0 Å². The van der Waals surface area contributed by atoms with E-state index in [1.54, 1.807) is 0 Å². The summed E-state index contributed by atoms with van der Waals surface area (Å²) in [6.07, 6.45) is 9.33. The number of aromatic nitrogens is 1. The fraction of sp³-hybridized carbons (Fsp3) is 0.0588. The molecule has 0 radical (unpaired) electrons. The zero-order valence-electron chi connectivity index (χ0n) is 30.8. The minimum Gasteiger partial charge on any atom is -0.344 e. The summed E-state index contributed by atoms with van der Waals surface area (Å²) >= 11 is 3.74. The maximum Gasteiger partial charge on any atom is 0.147 e. The summed E-state index contributed by atoms with van der Waals surface area (Å²) < 4.78 is 7.55. The van der Waals surface area contributed by atoms with E-state index in [-0.39, 0.29) is 12.1 Å². The summed E-state index contributed by atoms with van der Waals surface area (Å²) in [5.74, 6) is 1.90. The van der Waals surface area contributed by atoms with Crippen LogP contribution in [0.3, 0.4) is 0 Å². The number of hydrogen-bond acceptors (Lipinski definition) is 5. The van der Waals surface area contributed by atoms with Crippen LogP contribution < -0.4 is 5.32 Å². The van der Waals surface area contributed by atoms with Crippen LogP contribution in [-0.4, -0.2) is 16.2 Å². The molecule has 2 atom stereocenters. The summed E-state index contributed by atoms with van der Waals surface area (Å²) in [7, 11) is 0. The highest BCUT2D eigenvalue weighted by Gasteiger charge is 2.26. The van der Waals surface area contributed by atoms with Crippen molar-refractivity contribution in [2.45, 2.75) is 12.6 Å². The molecule has 0 spiro atoms. The Hall–Kier alpha value is -6.60. The first-order valence-electron chi connectivity index (χ1n) is 19.5. The van der Waals surface area contributed by atoms with Crippen LogP contribution in [-0.2, 0) is 0 Å². The summed E-state index contributed by atoms with van der Waals surface area (Å²) in [5, 5.41) is 11.4. The van der Waals surface area contributed by atoms with Gasteiger partial charge in [0.25, 0.3) is 0 Å². The topological polar surface area (TPSA) is 41.7 Å². The molecule has 4 nitrogen and oxygen atoms in total. The van der Waals surface area contributed by atoms with Gasteiger partial charge in [-0.3, -0.25) is 0 Å². The van der Waals surface area contributed by atoms with E-state index in [1.807, 2.05) is 22.7 Å². The molecule has 57 heavy (non-hydrogen) atoms. The monoisotopic (exact) mass is 766 g/mol. The largest absolute Gasteiger partial charge is 0.344 e. The number of nitrogens with zero attached hydrogens (tertiary/aromatic N) is 3. The lowest BCUT2D eigenvalue weighted by Gasteiger charge is -2.26. The molecule has 0 saturated heterocycles. The minimum atomic E-state index is -0.208. The third-order valence-electron chi connectivity index (χ3n) is 11.6. The lowest BCUT2D eigenvalue weighted by molar-refractivity contribution is 0.659. The Morgan fingerprint density at radius 1 is 0.579 bits per heavy atom. The standard InChI is InChI=1S/C51H34N4S2/c1-3-14-31(15-4-1)49-52-50(32-16-5-2-6-17-32)54-51(53-49)40-23-11-21-38-37-29-28-33(30-45(37)57-47(38)40)34-20-13-27-44-46(34)39-22-12-26-43(48(39)56-44)55-41-24-9-7-18-35(41)36-19-8-10-25-42(36)55/h1-16,18-30,32,49H,17H2,(H,52,53,54). The van der Waals surface area contributed by atoms with Gasteiger partial charge in [0.15, 0.2) is 0 Å².